The fourth-order valence-corrected chi connectivity index (χ4v) is 3.62. The van der Waals surface area contributed by atoms with Crippen molar-refractivity contribution in [3.63, 3.8) is 0 Å². The molecular weight excluding hydrogens is 340 g/mol. The highest BCUT2D eigenvalue weighted by Gasteiger charge is 2.20. The first-order valence-corrected chi connectivity index (χ1v) is 9.73. The minimum Gasteiger partial charge on any atom is -0.338 e. The highest BCUT2D eigenvalue weighted by atomic mass is 16.2. The van der Waals surface area contributed by atoms with Gasteiger partial charge in [-0.1, -0.05) is 26.0 Å². The van der Waals surface area contributed by atoms with Gasteiger partial charge in [-0.15, -0.1) is 0 Å². The fraction of sp³-hybridized carbons (Fsp3) is 0.550. The second-order valence-electron chi connectivity index (χ2n) is 7.82. The zero-order valence-electron chi connectivity index (χ0n) is 16.5. The van der Waals surface area contributed by atoms with Crippen molar-refractivity contribution in [3.8, 4) is 11.4 Å². The first kappa shape index (κ1) is 19.4. The van der Waals surface area contributed by atoms with Gasteiger partial charge in [0, 0.05) is 37.9 Å². The molecule has 2 N–H and O–H groups in total. The zero-order valence-corrected chi connectivity index (χ0v) is 16.5. The first-order chi connectivity index (χ1) is 13.0. The number of piperidine rings is 1. The number of hydrogen-bond acceptors (Lipinski definition) is 4. The van der Waals surface area contributed by atoms with Crippen molar-refractivity contribution in [2.75, 3.05) is 31.5 Å². The number of aromatic nitrogens is 3. The molecule has 1 atom stereocenters. The van der Waals surface area contributed by atoms with Crippen molar-refractivity contribution >= 4 is 11.7 Å². The molecule has 1 saturated heterocycles. The number of hydrogen-bond donors (Lipinski definition) is 2. The highest BCUT2D eigenvalue weighted by Crippen LogP contribution is 2.19. The van der Waals surface area contributed by atoms with Gasteiger partial charge >= 0.3 is 6.03 Å². The Hall–Kier alpha value is -2.41. The summed E-state index contributed by atoms with van der Waals surface area (Å²) in [5, 5.41) is 10.2. The third-order valence-electron chi connectivity index (χ3n) is 4.76. The Morgan fingerprint density at radius 3 is 2.96 bits per heavy atom. The lowest BCUT2D eigenvalue weighted by atomic mass is 9.97. The molecule has 2 amide bonds. The summed E-state index contributed by atoms with van der Waals surface area (Å²) < 4.78 is 1.66. The molecule has 7 heteroatoms. The summed E-state index contributed by atoms with van der Waals surface area (Å²) in [4.78, 5) is 19.1. The average Bonchev–Trinajstić information content (AvgIpc) is 3.06. The lowest BCUT2D eigenvalue weighted by molar-refractivity contribution is 0.157. The number of aryl methyl sites for hydroxylation is 1. The summed E-state index contributed by atoms with van der Waals surface area (Å²) in [6, 6.07) is 7.43. The van der Waals surface area contributed by atoms with Crippen molar-refractivity contribution in [3.05, 3.63) is 30.6 Å². The summed E-state index contributed by atoms with van der Waals surface area (Å²) in [5.74, 6) is 1.85. The van der Waals surface area contributed by atoms with Gasteiger partial charge in [0.15, 0.2) is 5.82 Å². The maximum atomic E-state index is 12.3. The summed E-state index contributed by atoms with van der Waals surface area (Å²) in [6.45, 7) is 8.60. The van der Waals surface area contributed by atoms with Crippen LogP contribution in [0.25, 0.3) is 11.4 Å². The maximum absolute atomic E-state index is 12.3. The van der Waals surface area contributed by atoms with Gasteiger partial charge < -0.3 is 15.5 Å². The third-order valence-corrected chi connectivity index (χ3v) is 4.76. The number of amides is 2. The largest absolute Gasteiger partial charge is 0.338 e. The quantitative estimate of drug-likeness (QED) is 0.820. The zero-order chi connectivity index (χ0) is 19.2. The molecule has 0 spiro atoms. The molecular formula is C20H30N6O. The van der Waals surface area contributed by atoms with Crippen LogP contribution in [0.2, 0.25) is 0 Å². The number of rotatable bonds is 6. The number of carbonyl (C=O) groups excluding carboxylic acids is 1. The number of nitrogens with one attached hydrogen (secondary N) is 2. The van der Waals surface area contributed by atoms with Crippen LogP contribution in [0.3, 0.4) is 0 Å². The predicted molar refractivity (Wildman–Crippen MR) is 107 cm³/mol. The fourth-order valence-electron chi connectivity index (χ4n) is 3.62. The highest BCUT2D eigenvalue weighted by molar-refractivity contribution is 5.89. The molecule has 27 heavy (non-hydrogen) atoms. The van der Waals surface area contributed by atoms with Crippen LogP contribution in [-0.4, -0.2) is 51.9 Å². The van der Waals surface area contributed by atoms with Gasteiger partial charge in [0.05, 0.1) is 0 Å². The number of urea groups is 1. The lowest BCUT2D eigenvalue weighted by Crippen LogP contribution is -2.43. The molecule has 0 aliphatic carbocycles. The van der Waals surface area contributed by atoms with Crippen LogP contribution in [0.5, 0.6) is 0 Å². The SMILES string of the molecule is CC(C)CN1CCCC(CNC(=O)Nc2cccc(-c3ncn(C)n3)c2)C1. The van der Waals surface area contributed by atoms with E-state index in [0.717, 1.165) is 24.3 Å². The normalized spacial score (nSPS) is 17.9. The topological polar surface area (TPSA) is 75.1 Å². The van der Waals surface area contributed by atoms with E-state index >= 15 is 0 Å². The van der Waals surface area contributed by atoms with E-state index in [1.54, 1.807) is 11.0 Å². The lowest BCUT2D eigenvalue weighted by Gasteiger charge is -2.33. The predicted octanol–water partition coefficient (Wildman–Crippen LogP) is 2.97. The standard InChI is InChI=1S/C20H30N6O/c1-15(2)12-26-9-5-6-16(13-26)11-21-20(27)23-18-8-4-7-17(10-18)19-22-14-25(3)24-19/h4,7-8,10,14-16H,5-6,9,11-13H2,1-3H3,(H2,21,23,27). The van der Waals surface area contributed by atoms with E-state index < -0.39 is 0 Å². The molecule has 1 aromatic heterocycles. The smallest absolute Gasteiger partial charge is 0.319 e. The van der Waals surface area contributed by atoms with Crippen molar-refractivity contribution in [2.45, 2.75) is 26.7 Å². The van der Waals surface area contributed by atoms with Crippen LogP contribution in [-0.2, 0) is 7.05 Å². The van der Waals surface area contributed by atoms with Crippen LogP contribution in [0, 0.1) is 11.8 Å². The second-order valence-corrected chi connectivity index (χ2v) is 7.82. The van der Waals surface area contributed by atoms with Gasteiger partial charge in [-0.2, -0.15) is 5.10 Å². The van der Waals surface area contributed by atoms with Gasteiger partial charge in [-0.3, -0.25) is 4.68 Å². The molecule has 1 aliphatic rings. The number of benzene rings is 1. The Kier molecular flexibility index (Phi) is 6.45. The van der Waals surface area contributed by atoms with E-state index in [9.17, 15) is 4.79 Å². The van der Waals surface area contributed by atoms with Crippen molar-refractivity contribution < 1.29 is 4.79 Å². The summed E-state index contributed by atoms with van der Waals surface area (Å²) in [6.07, 6.45) is 4.05. The molecule has 0 radical (unpaired) electrons. The van der Waals surface area contributed by atoms with E-state index in [4.69, 9.17) is 0 Å². The summed E-state index contributed by atoms with van der Waals surface area (Å²) >= 11 is 0. The summed E-state index contributed by atoms with van der Waals surface area (Å²) in [7, 11) is 1.83. The van der Waals surface area contributed by atoms with E-state index in [1.165, 1.54) is 19.4 Å². The van der Waals surface area contributed by atoms with Crippen LogP contribution in [0.15, 0.2) is 30.6 Å². The summed E-state index contributed by atoms with van der Waals surface area (Å²) in [5.41, 5.74) is 1.62. The van der Waals surface area contributed by atoms with Gasteiger partial charge in [0.2, 0.25) is 0 Å². The number of carbonyl (C=O) groups is 1. The van der Waals surface area contributed by atoms with Crippen LogP contribution in [0.4, 0.5) is 10.5 Å². The molecule has 0 saturated carbocycles. The van der Waals surface area contributed by atoms with E-state index in [-0.39, 0.29) is 6.03 Å². The molecule has 0 bridgehead atoms. The van der Waals surface area contributed by atoms with Gasteiger partial charge in [0.25, 0.3) is 0 Å². The van der Waals surface area contributed by atoms with Crippen LogP contribution in [0.1, 0.15) is 26.7 Å². The maximum Gasteiger partial charge on any atom is 0.319 e. The minimum atomic E-state index is -0.165. The second kappa shape index (κ2) is 8.99. The Morgan fingerprint density at radius 1 is 1.37 bits per heavy atom. The van der Waals surface area contributed by atoms with Crippen LogP contribution >= 0.6 is 0 Å². The number of nitrogens with zero attached hydrogens (tertiary/aromatic N) is 4. The number of likely N-dealkylation sites (tertiary alicyclic amines) is 1. The van der Waals surface area contributed by atoms with Crippen molar-refractivity contribution in [1.29, 1.82) is 0 Å². The first-order valence-electron chi connectivity index (χ1n) is 9.73. The average molecular weight is 371 g/mol. The van der Waals surface area contributed by atoms with Crippen molar-refractivity contribution in [1.82, 2.24) is 25.0 Å². The molecule has 2 aromatic rings. The van der Waals surface area contributed by atoms with E-state index in [1.807, 2.05) is 31.3 Å². The Morgan fingerprint density at radius 2 is 2.22 bits per heavy atom. The Balaban J connectivity index is 1.49. The monoisotopic (exact) mass is 370 g/mol. The minimum absolute atomic E-state index is 0.165. The van der Waals surface area contributed by atoms with Crippen LogP contribution < -0.4 is 10.6 Å². The molecule has 1 aromatic carbocycles. The molecule has 1 unspecified atom stereocenters. The van der Waals surface area contributed by atoms with Gasteiger partial charge in [-0.05, 0) is 43.4 Å². The molecule has 2 heterocycles. The Labute approximate surface area is 161 Å². The molecule has 1 fully saturated rings. The Bertz CT molecular complexity index is 756. The molecule has 7 nitrogen and oxygen atoms in total. The number of anilines is 1. The van der Waals surface area contributed by atoms with Gasteiger partial charge in [0.1, 0.15) is 6.33 Å². The van der Waals surface area contributed by atoms with E-state index in [2.05, 4.69) is 39.5 Å². The van der Waals surface area contributed by atoms with Gasteiger partial charge in [-0.25, -0.2) is 9.78 Å². The third kappa shape index (κ3) is 5.79. The molecule has 146 valence electrons. The van der Waals surface area contributed by atoms with Crippen molar-refractivity contribution in [2.24, 2.45) is 18.9 Å². The molecule has 1 aliphatic heterocycles. The van der Waals surface area contributed by atoms with E-state index in [0.29, 0.717) is 24.2 Å². The molecule has 3 rings (SSSR count).